The first-order valence-electron chi connectivity index (χ1n) is 5.27. The second-order valence-corrected chi connectivity index (χ2v) is 5.91. The molecule has 1 fully saturated rings. The Bertz CT molecular complexity index is 459. The molecule has 4 nitrogen and oxygen atoms in total. The summed E-state index contributed by atoms with van der Waals surface area (Å²) in [5, 5.41) is 11.5. The van der Waals surface area contributed by atoms with Crippen molar-refractivity contribution in [3.63, 3.8) is 0 Å². The fourth-order valence-electron chi connectivity index (χ4n) is 1.71. The van der Waals surface area contributed by atoms with E-state index in [1.165, 1.54) is 11.3 Å². The summed E-state index contributed by atoms with van der Waals surface area (Å²) in [7, 11) is 0. The number of carbonyl (C=O) groups excluding carboxylic acids is 1. The lowest BCUT2D eigenvalue weighted by molar-refractivity contribution is -0.140. The number of amides is 1. The monoisotopic (exact) mass is 273 g/mol. The molecule has 1 heterocycles. The van der Waals surface area contributed by atoms with Crippen molar-refractivity contribution in [1.29, 1.82) is 0 Å². The van der Waals surface area contributed by atoms with Crippen molar-refractivity contribution in [3.8, 4) is 0 Å². The molecule has 2 rings (SSSR count). The highest BCUT2D eigenvalue weighted by atomic mass is 35.5. The van der Waals surface area contributed by atoms with Gasteiger partial charge >= 0.3 is 5.97 Å². The zero-order valence-electron chi connectivity index (χ0n) is 9.14. The number of halogens is 1. The molecule has 17 heavy (non-hydrogen) atoms. The van der Waals surface area contributed by atoms with Crippen LogP contribution in [0.4, 0.5) is 0 Å². The van der Waals surface area contributed by atoms with Gasteiger partial charge in [0, 0.05) is 4.88 Å². The maximum absolute atomic E-state index is 11.7. The zero-order chi connectivity index (χ0) is 12.6. The molecule has 1 aliphatic carbocycles. The van der Waals surface area contributed by atoms with Gasteiger partial charge in [-0.1, -0.05) is 11.6 Å². The van der Waals surface area contributed by atoms with Crippen LogP contribution in [0.15, 0.2) is 12.1 Å². The highest BCUT2D eigenvalue weighted by Gasteiger charge is 2.48. The molecular formula is C11H12ClNO3S. The molecule has 1 amide bonds. The van der Waals surface area contributed by atoms with Crippen LogP contribution in [-0.2, 0) is 9.59 Å². The third kappa shape index (κ3) is 2.79. The Morgan fingerprint density at radius 2 is 2.24 bits per heavy atom. The molecule has 0 radical (unpaired) electrons. The molecular weight excluding hydrogens is 262 g/mol. The standard InChI is InChI=1S/C11H12ClNO3S/c1-5(8-2-3-9(12)17-8)13-10(14)6-4-7(6)11(15)16/h2-3,5-7H,4H2,1H3,(H,13,14)(H,15,16)/t5?,6-,7+/m1/s1. The summed E-state index contributed by atoms with van der Waals surface area (Å²) in [5.41, 5.74) is 0. The number of thiophene rings is 1. The van der Waals surface area contributed by atoms with Gasteiger partial charge in [-0.2, -0.15) is 0 Å². The Labute approximate surface area is 108 Å². The van der Waals surface area contributed by atoms with Gasteiger partial charge in [0.25, 0.3) is 0 Å². The number of hydrogen-bond acceptors (Lipinski definition) is 3. The lowest BCUT2D eigenvalue weighted by Gasteiger charge is -2.11. The zero-order valence-corrected chi connectivity index (χ0v) is 10.7. The van der Waals surface area contributed by atoms with E-state index in [9.17, 15) is 9.59 Å². The molecule has 2 N–H and O–H groups in total. The van der Waals surface area contributed by atoms with Crippen molar-refractivity contribution in [3.05, 3.63) is 21.3 Å². The second-order valence-electron chi connectivity index (χ2n) is 4.16. The van der Waals surface area contributed by atoms with Gasteiger partial charge in [0.1, 0.15) is 0 Å². The number of carbonyl (C=O) groups is 2. The molecule has 3 atom stereocenters. The number of carboxylic acid groups (broad SMARTS) is 1. The van der Waals surface area contributed by atoms with Gasteiger partial charge in [0.15, 0.2) is 0 Å². The van der Waals surface area contributed by atoms with E-state index in [0.717, 1.165) is 4.88 Å². The number of rotatable bonds is 4. The van der Waals surface area contributed by atoms with Gasteiger partial charge in [0.2, 0.25) is 5.91 Å². The summed E-state index contributed by atoms with van der Waals surface area (Å²) < 4.78 is 0.677. The molecule has 0 bridgehead atoms. The SMILES string of the molecule is CC(NC(=O)[C@@H]1C[C@@H]1C(=O)O)c1ccc(Cl)s1. The van der Waals surface area contributed by atoms with Crippen LogP contribution in [0.5, 0.6) is 0 Å². The van der Waals surface area contributed by atoms with Crippen LogP contribution in [0, 0.1) is 11.8 Å². The summed E-state index contributed by atoms with van der Waals surface area (Å²) in [6, 6.07) is 3.51. The van der Waals surface area contributed by atoms with Crippen LogP contribution in [0.25, 0.3) is 0 Å². The van der Waals surface area contributed by atoms with Gasteiger partial charge in [0.05, 0.1) is 22.2 Å². The third-order valence-electron chi connectivity index (χ3n) is 2.82. The molecule has 92 valence electrons. The summed E-state index contributed by atoms with van der Waals surface area (Å²) >= 11 is 7.22. The predicted molar refractivity (Wildman–Crippen MR) is 65.1 cm³/mol. The van der Waals surface area contributed by atoms with Crippen molar-refractivity contribution in [2.75, 3.05) is 0 Å². The lowest BCUT2D eigenvalue weighted by atomic mass is 10.2. The lowest BCUT2D eigenvalue weighted by Crippen LogP contribution is -2.28. The second kappa shape index (κ2) is 4.66. The Hall–Kier alpha value is -1.07. The van der Waals surface area contributed by atoms with Gasteiger partial charge < -0.3 is 10.4 Å². The molecule has 1 aliphatic rings. The van der Waals surface area contributed by atoms with Gasteiger partial charge in [-0.05, 0) is 25.5 Å². The van der Waals surface area contributed by atoms with E-state index in [-0.39, 0.29) is 17.9 Å². The van der Waals surface area contributed by atoms with Crippen molar-refractivity contribution in [2.24, 2.45) is 11.8 Å². The first-order valence-corrected chi connectivity index (χ1v) is 6.47. The average Bonchev–Trinajstić information content (AvgIpc) is 2.95. The molecule has 6 heteroatoms. The maximum atomic E-state index is 11.7. The first-order chi connectivity index (χ1) is 7.99. The topological polar surface area (TPSA) is 66.4 Å². The molecule has 1 aromatic heterocycles. The minimum Gasteiger partial charge on any atom is -0.481 e. The predicted octanol–water partition coefficient (Wildman–Crippen LogP) is 2.30. The molecule has 0 aromatic carbocycles. The van der Waals surface area contributed by atoms with Gasteiger partial charge in [-0.15, -0.1) is 11.3 Å². The Kier molecular flexibility index (Phi) is 3.40. The Balaban J connectivity index is 1.90. The van der Waals surface area contributed by atoms with E-state index in [0.29, 0.717) is 10.8 Å². The van der Waals surface area contributed by atoms with E-state index >= 15 is 0 Å². The number of aliphatic carboxylic acids is 1. The van der Waals surface area contributed by atoms with Crippen LogP contribution in [0.2, 0.25) is 4.34 Å². The largest absolute Gasteiger partial charge is 0.481 e. The molecule has 0 aliphatic heterocycles. The average molecular weight is 274 g/mol. The van der Waals surface area contributed by atoms with Gasteiger partial charge in [-0.25, -0.2) is 0 Å². The van der Waals surface area contributed by atoms with Crippen LogP contribution in [0.3, 0.4) is 0 Å². The van der Waals surface area contributed by atoms with Crippen LogP contribution >= 0.6 is 22.9 Å². The number of hydrogen-bond donors (Lipinski definition) is 2. The Morgan fingerprint density at radius 3 is 2.71 bits per heavy atom. The quantitative estimate of drug-likeness (QED) is 0.885. The molecule has 1 unspecified atom stereocenters. The fraction of sp³-hybridized carbons (Fsp3) is 0.455. The summed E-state index contributed by atoms with van der Waals surface area (Å²) in [5.74, 6) is -1.95. The number of nitrogens with one attached hydrogen (secondary N) is 1. The summed E-state index contributed by atoms with van der Waals surface area (Å²) in [4.78, 5) is 23.3. The minimum absolute atomic E-state index is 0.130. The van der Waals surface area contributed by atoms with Crippen molar-refractivity contribution < 1.29 is 14.7 Å². The van der Waals surface area contributed by atoms with Crippen molar-refractivity contribution >= 4 is 34.8 Å². The third-order valence-corrected chi connectivity index (χ3v) is 4.24. The molecule has 1 saturated carbocycles. The first kappa shape index (κ1) is 12.4. The molecule has 1 aromatic rings. The Morgan fingerprint density at radius 1 is 1.53 bits per heavy atom. The van der Waals surface area contributed by atoms with Crippen molar-refractivity contribution in [2.45, 2.75) is 19.4 Å². The van der Waals surface area contributed by atoms with Crippen LogP contribution in [0.1, 0.15) is 24.3 Å². The maximum Gasteiger partial charge on any atom is 0.307 e. The number of carboxylic acids is 1. The van der Waals surface area contributed by atoms with Crippen LogP contribution in [-0.4, -0.2) is 17.0 Å². The van der Waals surface area contributed by atoms with Crippen LogP contribution < -0.4 is 5.32 Å². The van der Waals surface area contributed by atoms with E-state index in [4.69, 9.17) is 16.7 Å². The van der Waals surface area contributed by atoms with E-state index < -0.39 is 11.9 Å². The smallest absolute Gasteiger partial charge is 0.307 e. The fourth-order valence-corrected chi connectivity index (χ4v) is 2.77. The van der Waals surface area contributed by atoms with E-state index in [1.807, 2.05) is 13.0 Å². The summed E-state index contributed by atoms with van der Waals surface area (Å²) in [6.45, 7) is 1.86. The minimum atomic E-state index is -0.892. The summed E-state index contributed by atoms with van der Waals surface area (Å²) in [6.07, 6.45) is 0.444. The highest BCUT2D eigenvalue weighted by molar-refractivity contribution is 7.16. The normalized spacial score (nSPS) is 24.1. The van der Waals surface area contributed by atoms with Gasteiger partial charge in [-0.3, -0.25) is 9.59 Å². The highest BCUT2D eigenvalue weighted by Crippen LogP contribution is 2.39. The van der Waals surface area contributed by atoms with E-state index in [2.05, 4.69) is 5.32 Å². The van der Waals surface area contributed by atoms with Crippen molar-refractivity contribution in [1.82, 2.24) is 5.32 Å². The van der Waals surface area contributed by atoms with E-state index in [1.54, 1.807) is 6.07 Å². The molecule has 0 saturated heterocycles. The molecule has 0 spiro atoms.